The van der Waals surface area contributed by atoms with E-state index in [4.69, 9.17) is 9.47 Å². The number of nitrogens with zero attached hydrogens (tertiary/aromatic N) is 2. The summed E-state index contributed by atoms with van der Waals surface area (Å²) in [5, 5.41) is 2.88. The van der Waals surface area contributed by atoms with Gasteiger partial charge in [-0.25, -0.2) is 4.98 Å². The summed E-state index contributed by atoms with van der Waals surface area (Å²) in [6, 6.07) is 18.4. The molecule has 0 radical (unpaired) electrons. The van der Waals surface area contributed by atoms with E-state index in [1.54, 1.807) is 11.1 Å². The van der Waals surface area contributed by atoms with Gasteiger partial charge in [-0.1, -0.05) is 60.7 Å². The maximum atomic E-state index is 13.2. The molecular formula is C28H30N4O5. The van der Waals surface area contributed by atoms with E-state index >= 15 is 0 Å². The van der Waals surface area contributed by atoms with E-state index in [9.17, 15) is 14.4 Å². The molecule has 2 unspecified atom stereocenters. The minimum atomic E-state index is -0.876. The Bertz CT molecular complexity index is 1230. The Kier molecular flexibility index (Phi) is 7.60. The molecule has 2 N–H and O–H groups in total. The van der Waals surface area contributed by atoms with Crippen LogP contribution in [0.2, 0.25) is 0 Å². The highest BCUT2D eigenvalue weighted by molar-refractivity contribution is 5.95. The Morgan fingerprint density at radius 1 is 1.05 bits per heavy atom. The van der Waals surface area contributed by atoms with Crippen LogP contribution in [0.3, 0.4) is 0 Å². The van der Waals surface area contributed by atoms with Crippen LogP contribution >= 0.6 is 0 Å². The zero-order valence-corrected chi connectivity index (χ0v) is 20.5. The average Bonchev–Trinajstić information content (AvgIpc) is 3.67. The number of aromatic amines is 1. The number of likely N-dealkylation sites (tertiary alicyclic amines) is 1. The third kappa shape index (κ3) is 6.06. The number of esters is 1. The maximum absolute atomic E-state index is 13.2. The number of nitrogens with one attached hydrogen (secondary N) is 2. The van der Waals surface area contributed by atoms with Crippen molar-refractivity contribution in [3.05, 3.63) is 89.5 Å². The van der Waals surface area contributed by atoms with Gasteiger partial charge in [-0.05, 0) is 36.8 Å². The summed E-state index contributed by atoms with van der Waals surface area (Å²) < 4.78 is 11.1. The monoisotopic (exact) mass is 502 g/mol. The van der Waals surface area contributed by atoms with Crippen LogP contribution in [0.15, 0.2) is 66.9 Å². The van der Waals surface area contributed by atoms with E-state index in [0.29, 0.717) is 25.8 Å². The van der Waals surface area contributed by atoms with Crippen LogP contribution in [-0.4, -0.2) is 57.6 Å². The van der Waals surface area contributed by atoms with Crippen molar-refractivity contribution in [3.63, 3.8) is 0 Å². The van der Waals surface area contributed by atoms with Gasteiger partial charge in [0, 0.05) is 12.7 Å². The first-order valence-electron chi connectivity index (χ1n) is 12.6. The molecule has 9 nitrogen and oxygen atoms in total. The number of cyclic esters (lactones) is 1. The predicted octanol–water partition coefficient (Wildman–Crippen LogP) is 2.77. The van der Waals surface area contributed by atoms with E-state index in [1.165, 1.54) is 5.56 Å². The normalized spacial score (nSPS) is 21.1. The van der Waals surface area contributed by atoms with Crippen molar-refractivity contribution in [1.29, 1.82) is 0 Å². The van der Waals surface area contributed by atoms with Crippen LogP contribution in [-0.2, 0) is 38.5 Å². The lowest BCUT2D eigenvalue weighted by Gasteiger charge is -2.26. The number of benzene rings is 2. The quantitative estimate of drug-likeness (QED) is 0.435. The first-order valence-corrected chi connectivity index (χ1v) is 12.6. The summed E-state index contributed by atoms with van der Waals surface area (Å²) in [7, 11) is 0. The molecule has 9 heteroatoms. The molecule has 2 aromatic carbocycles. The van der Waals surface area contributed by atoms with E-state index in [-0.39, 0.29) is 30.7 Å². The van der Waals surface area contributed by atoms with Gasteiger partial charge >= 0.3 is 5.97 Å². The summed E-state index contributed by atoms with van der Waals surface area (Å²) in [6.45, 7) is 0.718. The molecule has 192 valence electrons. The number of ether oxygens (including phenoxy) is 2. The third-order valence-electron chi connectivity index (χ3n) is 6.71. The molecule has 2 saturated heterocycles. The molecule has 5 rings (SSSR count). The van der Waals surface area contributed by atoms with E-state index in [2.05, 4.69) is 27.4 Å². The van der Waals surface area contributed by atoms with Crippen molar-refractivity contribution in [2.24, 2.45) is 0 Å². The number of aromatic nitrogens is 2. The summed E-state index contributed by atoms with van der Waals surface area (Å²) in [4.78, 5) is 47.3. The molecular weight excluding hydrogens is 472 g/mol. The molecule has 3 atom stereocenters. The number of carbonyl (C=O) groups is 3. The number of carbonyl (C=O) groups excluding carboxylic acids is 3. The second-order valence-electron chi connectivity index (χ2n) is 9.36. The predicted molar refractivity (Wildman–Crippen MR) is 134 cm³/mol. The molecule has 3 aromatic rings. The van der Waals surface area contributed by atoms with Crippen LogP contribution in [0.25, 0.3) is 0 Å². The van der Waals surface area contributed by atoms with Crippen LogP contribution in [0, 0.1) is 0 Å². The van der Waals surface area contributed by atoms with Gasteiger partial charge in [0.2, 0.25) is 12.2 Å². The molecule has 37 heavy (non-hydrogen) atoms. The van der Waals surface area contributed by atoms with E-state index in [1.807, 2.05) is 48.5 Å². The van der Waals surface area contributed by atoms with E-state index < -0.39 is 24.3 Å². The average molecular weight is 503 g/mol. The first kappa shape index (κ1) is 24.7. The molecule has 0 saturated carbocycles. The lowest BCUT2D eigenvalue weighted by atomic mass is 10.1. The largest absolute Gasteiger partial charge is 0.433 e. The fraction of sp³-hybridized carbons (Fsp3) is 0.357. The standard InChI is InChI=1S/C28H30N4O5/c33-24-16-22(28(37-24)36-18-20-10-5-2-6-11-20)31-26(34)23-12-7-15-32(23)27(35)25-29-17-21(30-25)14-13-19-8-3-1-4-9-19/h1-6,8-11,17,22-23,28H,7,12-16,18H2,(H,29,30)(H,31,34)/t22?,23-,28?/m0/s1. The summed E-state index contributed by atoms with van der Waals surface area (Å²) in [5.41, 5.74) is 2.94. The number of hydrogen-bond donors (Lipinski definition) is 2. The Hall–Kier alpha value is -3.98. The van der Waals surface area contributed by atoms with Gasteiger partial charge in [-0.3, -0.25) is 14.4 Å². The van der Waals surface area contributed by atoms with E-state index in [0.717, 1.165) is 17.7 Å². The molecule has 2 fully saturated rings. The molecule has 1 aromatic heterocycles. The molecule has 2 aliphatic rings. The fourth-order valence-electron chi connectivity index (χ4n) is 4.77. The van der Waals surface area contributed by atoms with Gasteiger partial charge < -0.3 is 24.7 Å². The number of imidazole rings is 1. The van der Waals surface area contributed by atoms with Gasteiger partial charge in [-0.15, -0.1) is 0 Å². The topological polar surface area (TPSA) is 114 Å². The lowest BCUT2D eigenvalue weighted by molar-refractivity contribution is -0.168. The zero-order valence-electron chi connectivity index (χ0n) is 20.5. The highest BCUT2D eigenvalue weighted by atomic mass is 16.7. The minimum Gasteiger partial charge on any atom is -0.433 e. The lowest BCUT2D eigenvalue weighted by Crippen LogP contribution is -2.51. The summed E-state index contributed by atoms with van der Waals surface area (Å²) in [5.74, 6) is -0.829. The molecule has 2 amide bonds. The second-order valence-corrected chi connectivity index (χ2v) is 9.36. The minimum absolute atomic E-state index is 0.0226. The van der Waals surface area contributed by atoms with Crippen molar-refractivity contribution >= 4 is 17.8 Å². The number of H-pyrrole nitrogens is 1. The fourth-order valence-corrected chi connectivity index (χ4v) is 4.77. The highest BCUT2D eigenvalue weighted by Crippen LogP contribution is 2.23. The summed E-state index contributed by atoms with van der Waals surface area (Å²) >= 11 is 0. The molecule has 0 spiro atoms. The van der Waals surface area contributed by atoms with Crippen molar-refractivity contribution in [1.82, 2.24) is 20.2 Å². The Balaban J connectivity index is 1.18. The SMILES string of the molecule is O=C1CC(NC(=O)[C@@H]2CCCN2C(=O)c2nc(CCc3ccccc3)c[nH]2)C(OCc2ccccc2)O1. The van der Waals surface area contributed by atoms with Crippen molar-refractivity contribution in [2.45, 2.75) is 57.1 Å². The third-order valence-corrected chi connectivity index (χ3v) is 6.71. The molecule has 2 aliphatic heterocycles. The number of hydrogen-bond acceptors (Lipinski definition) is 6. The zero-order chi connectivity index (χ0) is 25.6. The van der Waals surface area contributed by atoms with Gasteiger partial charge in [0.1, 0.15) is 12.1 Å². The smallest absolute Gasteiger partial charge is 0.310 e. The van der Waals surface area contributed by atoms with Crippen molar-refractivity contribution in [2.75, 3.05) is 6.54 Å². The molecule has 3 heterocycles. The van der Waals surface area contributed by atoms with Crippen molar-refractivity contribution in [3.8, 4) is 0 Å². The second kappa shape index (κ2) is 11.4. The van der Waals surface area contributed by atoms with Gasteiger partial charge in [0.15, 0.2) is 5.82 Å². The van der Waals surface area contributed by atoms with Crippen LogP contribution in [0.1, 0.15) is 46.7 Å². The van der Waals surface area contributed by atoms with Gasteiger partial charge in [-0.2, -0.15) is 0 Å². The Labute approximate surface area is 215 Å². The maximum Gasteiger partial charge on any atom is 0.310 e. The molecule has 0 aliphatic carbocycles. The highest BCUT2D eigenvalue weighted by Gasteiger charge is 2.41. The van der Waals surface area contributed by atoms with Gasteiger partial charge in [0.05, 0.1) is 18.7 Å². The van der Waals surface area contributed by atoms with Crippen LogP contribution in [0.4, 0.5) is 0 Å². The van der Waals surface area contributed by atoms with Crippen molar-refractivity contribution < 1.29 is 23.9 Å². The number of amides is 2. The van der Waals surface area contributed by atoms with Gasteiger partial charge in [0.25, 0.3) is 5.91 Å². The Morgan fingerprint density at radius 2 is 1.78 bits per heavy atom. The Morgan fingerprint density at radius 3 is 2.54 bits per heavy atom. The first-order chi connectivity index (χ1) is 18.1. The molecule has 0 bridgehead atoms. The number of aryl methyl sites for hydroxylation is 2. The number of rotatable bonds is 9. The van der Waals surface area contributed by atoms with Crippen LogP contribution in [0.5, 0.6) is 0 Å². The van der Waals surface area contributed by atoms with Crippen LogP contribution < -0.4 is 5.32 Å². The summed E-state index contributed by atoms with van der Waals surface area (Å²) in [6.07, 6.45) is 3.67.